The van der Waals surface area contributed by atoms with Crippen molar-refractivity contribution in [2.24, 2.45) is 0 Å². The highest BCUT2D eigenvalue weighted by Gasteiger charge is 2.18. The number of aromatic nitrogens is 1. The van der Waals surface area contributed by atoms with Crippen LogP contribution in [0.3, 0.4) is 0 Å². The Labute approximate surface area is 177 Å². The van der Waals surface area contributed by atoms with Crippen LogP contribution in [0.15, 0.2) is 91.0 Å². The summed E-state index contributed by atoms with van der Waals surface area (Å²) in [4.78, 5) is 0. The zero-order valence-electron chi connectivity index (χ0n) is 17.7. The van der Waals surface area contributed by atoms with Gasteiger partial charge in [0.15, 0.2) is 0 Å². The zero-order valence-corrected chi connectivity index (χ0v) is 17.7. The normalized spacial score (nSPS) is 12.0. The topological polar surface area (TPSA) is 30.9 Å². The monoisotopic (exact) mass is 390 g/mol. The van der Waals surface area contributed by atoms with E-state index < -0.39 is 0 Å². The van der Waals surface area contributed by atoms with Gasteiger partial charge < -0.3 is 10.3 Å². The van der Waals surface area contributed by atoms with E-state index in [0.717, 1.165) is 5.69 Å². The van der Waals surface area contributed by atoms with Gasteiger partial charge in [-0.1, -0.05) is 63.2 Å². The molecule has 1 aromatic heterocycles. The molecule has 0 saturated carbocycles. The minimum atomic E-state index is 0.101. The van der Waals surface area contributed by atoms with E-state index >= 15 is 0 Å². The average Bonchev–Trinajstić information content (AvgIpc) is 3.07. The predicted octanol–water partition coefficient (Wildman–Crippen LogP) is 7.33. The molecule has 0 bridgehead atoms. The summed E-state index contributed by atoms with van der Waals surface area (Å²) in [6.07, 6.45) is 0. The zero-order chi connectivity index (χ0) is 20.9. The van der Waals surface area contributed by atoms with Crippen LogP contribution in [0.4, 0.5) is 5.69 Å². The molecule has 0 aliphatic rings. The van der Waals surface area contributed by atoms with Gasteiger partial charge in [-0.05, 0) is 70.6 Å². The number of para-hydroxylation sites is 1. The summed E-state index contributed by atoms with van der Waals surface area (Å²) in [7, 11) is 0. The van der Waals surface area contributed by atoms with Gasteiger partial charge in [-0.3, -0.25) is 0 Å². The molecule has 4 aromatic carbocycles. The molecular formula is C28H26N2. The predicted molar refractivity (Wildman–Crippen MR) is 129 cm³/mol. The fraction of sp³-hybridized carbons (Fsp3) is 0.143. The van der Waals surface area contributed by atoms with Gasteiger partial charge >= 0.3 is 0 Å². The van der Waals surface area contributed by atoms with Crippen molar-refractivity contribution < 1.29 is 0 Å². The Morgan fingerprint density at radius 2 is 1.23 bits per heavy atom. The van der Waals surface area contributed by atoms with Crippen LogP contribution in [0.25, 0.3) is 38.6 Å². The van der Waals surface area contributed by atoms with Crippen molar-refractivity contribution in [3.63, 3.8) is 0 Å². The maximum atomic E-state index is 5.89. The fourth-order valence-corrected chi connectivity index (χ4v) is 4.20. The van der Waals surface area contributed by atoms with Crippen LogP contribution < -0.4 is 5.73 Å². The molecule has 0 fully saturated rings. The molecule has 0 saturated heterocycles. The maximum absolute atomic E-state index is 5.89. The highest BCUT2D eigenvalue weighted by Crippen LogP contribution is 2.37. The number of rotatable bonds is 2. The third-order valence-electron chi connectivity index (χ3n) is 5.89. The first-order valence-corrected chi connectivity index (χ1v) is 10.4. The summed E-state index contributed by atoms with van der Waals surface area (Å²) >= 11 is 0. The maximum Gasteiger partial charge on any atom is 0.0541 e. The molecule has 0 amide bonds. The average molecular weight is 391 g/mol. The van der Waals surface area contributed by atoms with E-state index in [1.54, 1.807) is 0 Å². The molecule has 148 valence electrons. The fourth-order valence-electron chi connectivity index (χ4n) is 4.20. The summed E-state index contributed by atoms with van der Waals surface area (Å²) in [5.74, 6) is 0. The number of anilines is 1. The molecule has 2 nitrogen and oxygen atoms in total. The molecule has 0 radical (unpaired) electrons. The van der Waals surface area contributed by atoms with Crippen LogP contribution in [0, 0.1) is 0 Å². The Hall–Kier alpha value is -3.52. The molecule has 1 heterocycles. The Morgan fingerprint density at radius 3 is 1.90 bits per heavy atom. The number of nitrogens with zero attached hydrogens (tertiary/aromatic N) is 1. The second kappa shape index (κ2) is 6.77. The van der Waals surface area contributed by atoms with Crippen LogP contribution in [0.5, 0.6) is 0 Å². The standard InChI is InChI=1S/C28H26N2/c1-28(2,3)21-12-16-27-25(18-21)24-17-20(19-9-13-22(29)14-10-19)11-15-26(24)30(27)23-7-5-4-6-8-23/h4-18H,29H2,1-3H3. The number of nitrogen functional groups attached to an aromatic ring is 1. The highest BCUT2D eigenvalue weighted by atomic mass is 15.0. The molecule has 0 aliphatic heterocycles. The minimum absolute atomic E-state index is 0.101. The van der Waals surface area contributed by atoms with Crippen LogP contribution in [0.2, 0.25) is 0 Å². The van der Waals surface area contributed by atoms with Gasteiger partial charge in [-0.25, -0.2) is 0 Å². The van der Waals surface area contributed by atoms with Gasteiger partial charge in [-0.15, -0.1) is 0 Å². The van der Waals surface area contributed by atoms with E-state index in [0.29, 0.717) is 0 Å². The van der Waals surface area contributed by atoms with Crippen LogP contribution in [-0.2, 0) is 5.41 Å². The van der Waals surface area contributed by atoms with Crippen LogP contribution >= 0.6 is 0 Å². The van der Waals surface area contributed by atoms with Crippen molar-refractivity contribution in [3.05, 3.63) is 96.6 Å². The van der Waals surface area contributed by atoms with Crippen LogP contribution in [-0.4, -0.2) is 4.57 Å². The molecule has 5 rings (SSSR count). The van der Waals surface area contributed by atoms with E-state index in [1.807, 2.05) is 12.1 Å². The number of hydrogen-bond donors (Lipinski definition) is 1. The number of benzene rings is 4. The summed E-state index contributed by atoms with van der Waals surface area (Å²) in [5.41, 5.74) is 14.2. The number of fused-ring (bicyclic) bond motifs is 3. The Morgan fingerprint density at radius 1 is 0.633 bits per heavy atom. The van der Waals surface area contributed by atoms with Crippen molar-refractivity contribution in [2.75, 3.05) is 5.73 Å². The molecule has 0 unspecified atom stereocenters. The van der Waals surface area contributed by atoms with E-state index in [1.165, 1.54) is 44.2 Å². The van der Waals surface area contributed by atoms with Gasteiger partial charge in [0.1, 0.15) is 0 Å². The van der Waals surface area contributed by atoms with Crippen molar-refractivity contribution in [2.45, 2.75) is 26.2 Å². The smallest absolute Gasteiger partial charge is 0.0541 e. The molecular weight excluding hydrogens is 364 g/mol. The molecule has 30 heavy (non-hydrogen) atoms. The first-order chi connectivity index (χ1) is 14.4. The van der Waals surface area contributed by atoms with E-state index in [2.05, 4.69) is 104 Å². The van der Waals surface area contributed by atoms with Gasteiger partial charge in [0, 0.05) is 22.1 Å². The Bertz CT molecular complexity index is 1350. The second-order valence-electron chi connectivity index (χ2n) is 9.01. The lowest BCUT2D eigenvalue weighted by molar-refractivity contribution is 0.591. The van der Waals surface area contributed by atoms with Crippen molar-refractivity contribution in [1.29, 1.82) is 0 Å². The molecule has 0 spiro atoms. The molecule has 2 N–H and O–H groups in total. The number of nitrogens with two attached hydrogens (primary N) is 1. The van der Waals surface area contributed by atoms with E-state index in [9.17, 15) is 0 Å². The molecule has 0 atom stereocenters. The van der Waals surface area contributed by atoms with Crippen molar-refractivity contribution in [3.8, 4) is 16.8 Å². The van der Waals surface area contributed by atoms with Crippen LogP contribution in [0.1, 0.15) is 26.3 Å². The highest BCUT2D eigenvalue weighted by molar-refractivity contribution is 6.10. The lowest BCUT2D eigenvalue weighted by atomic mass is 9.86. The second-order valence-corrected chi connectivity index (χ2v) is 9.01. The lowest BCUT2D eigenvalue weighted by Gasteiger charge is -2.19. The third kappa shape index (κ3) is 3.05. The molecule has 5 aromatic rings. The Balaban J connectivity index is 1.84. The van der Waals surface area contributed by atoms with E-state index in [-0.39, 0.29) is 5.41 Å². The first-order valence-electron chi connectivity index (χ1n) is 10.4. The van der Waals surface area contributed by atoms with E-state index in [4.69, 9.17) is 5.73 Å². The third-order valence-corrected chi connectivity index (χ3v) is 5.89. The lowest BCUT2D eigenvalue weighted by Crippen LogP contribution is -2.10. The summed E-state index contributed by atoms with van der Waals surface area (Å²) in [6.45, 7) is 6.80. The Kier molecular flexibility index (Phi) is 4.18. The van der Waals surface area contributed by atoms with Crippen molar-refractivity contribution >= 4 is 27.5 Å². The van der Waals surface area contributed by atoms with Gasteiger partial charge in [0.25, 0.3) is 0 Å². The minimum Gasteiger partial charge on any atom is -0.399 e. The van der Waals surface area contributed by atoms with Gasteiger partial charge in [-0.2, -0.15) is 0 Å². The number of hydrogen-bond acceptors (Lipinski definition) is 1. The first kappa shape index (κ1) is 18.5. The SMILES string of the molecule is CC(C)(C)c1ccc2c(c1)c1cc(-c3ccc(N)cc3)ccc1n2-c1ccccc1. The summed E-state index contributed by atoms with van der Waals surface area (Å²) in [5, 5.41) is 2.56. The van der Waals surface area contributed by atoms with Gasteiger partial charge in [0.2, 0.25) is 0 Å². The summed E-state index contributed by atoms with van der Waals surface area (Å²) < 4.78 is 2.36. The molecule has 0 aliphatic carbocycles. The summed E-state index contributed by atoms with van der Waals surface area (Å²) in [6, 6.07) is 32.4. The van der Waals surface area contributed by atoms with Crippen molar-refractivity contribution in [1.82, 2.24) is 4.57 Å². The molecule has 2 heteroatoms. The quantitative estimate of drug-likeness (QED) is 0.314. The van der Waals surface area contributed by atoms with Gasteiger partial charge in [0.05, 0.1) is 11.0 Å². The largest absolute Gasteiger partial charge is 0.399 e.